The Morgan fingerprint density at radius 1 is 0.591 bits per heavy atom. The van der Waals surface area contributed by atoms with E-state index in [0.717, 1.165) is 21.5 Å². The summed E-state index contributed by atoms with van der Waals surface area (Å²) in [5.74, 6) is 1.29. The lowest BCUT2D eigenvalue weighted by Crippen LogP contribution is -2.13. The van der Waals surface area contributed by atoms with E-state index in [-0.39, 0.29) is 0 Å². The van der Waals surface area contributed by atoms with Crippen LogP contribution in [0.5, 0.6) is 0 Å². The smallest absolute Gasteiger partial charge is 0.175 e. The summed E-state index contributed by atoms with van der Waals surface area (Å²) in [4.78, 5) is 0. The molecule has 2 N–H and O–H groups in total. The van der Waals surface area contributed by atoms with Crippen LogP contribution in [0.3, 0.4) is 0 Å². The van der Waals surface area contributed by atoms with Gasteiger partial charge in [-0.05, 0) is 0 Å². The van der Waals surface area contributed by atoms with Gasteiger partial charge in [-0.15, -0.1) is 10.2 Å². The van der Waals surface area contributed by atoms with Crippen molar-refractivity contribution in [2.24, 2.45) is 0 Å². The second kappa shape index (κ2) is 5.25. The van der Waals surface area contributed by atoms with Crippen LogP contribution in [0.4, 0.5) is 11.6 Å². The van der Waals surface area contributed by atoms with Gasteiger partial charge in [0.15, 0.2) is 11.6 Å². The van der Waals surface area contributed by atoms with Crippen molar-refractivity contribution in [3.8, 4) is 0 Å². The predicted molar refractivity (Wildman–Crippen MR) is 86.3 cm³/mol. The van der Waals surface area contributed by atoms with E-state index in [4.69, 9.17) is 0 Å². The Morgan fingerprint density at radius 3 is 1.55 bits per heavy atom. The molecule has 2 aromatic heterocycles. The molecule has 4 rings (SSSR count). The summed E-state index contributed by atoms with van der Waals surface area (Å²) in [6.45, 7) is 0. The van der Waals surface area contributed by atoms with Gasteiger partial charge in [-0.1, -0.05) is 48.5 Å². The van der Waals surface area contributed by atoms with Crippen LogP contribution in [0.2, 0.25) is 0 Å². The van der Waals surface area contributed by atoms with Crippen molar-refractivity contribution >= 4 is 33.2 Å². The van der Waals surface area contributed by atoms with Crippen molar-refractivity contribution in [1.29, 1.82) is 0 Å². The Kier molecular flexibility index (Phi) is 2.97. The average molecular weight is 288 g/mol. The molecule has 6 heteroatoms. The molecule has 0 bridgehead atoms. The highest BCUT2D eigenvalue weighted by Gasteiger charge is 2.05. The Labute approximate surface area is 126 Å². The fourth-order valence-corrected chi connectivity index (χ4v) is 2.36. The first-order chi connectivity index (χ1) is 10.9. The molecular formula is C16H12N6. The number of hydrazine groups is 1. The van der Waals surface area contributed by atoms with Crippen molar-refractivity contribution in [3.63, 3.8) is 0 Å². The largest absolute Gasteiger partial charge is 0.281 e. The summed E-state index contributed by atoms with van der Waals surface area (Å²) in [6, 6.07) is 15.8. The number of anilines is 2. The van der Waals surface area contributed by atoms with Gasteiger partial charge >= 0.3 is 0 Å². The van der Waals surface area contributed by atoms with E-state index in [0.29, 0.717) is 11.6 Å². The van der Waals surface area contributed by atoms with E-state index < -0.39 is 0 Å². The van der Waals surface area contributed by atoms with Crippen LogP contribution in [0, 0.1) is 0 Å². The van der Waals surface area contributed by atoms with Gasteiger partial charge in [0, 0.05) is 21.5 Å². The molecule has 2 aromatic carbocycles. The molecule has 0 saturated heterocycles. The summed E-state index contributed by atoms with van der Waals surface area (Å²) in [6.07, 6.45) is 3.47. The van der Waals surface area contributed by atoms with Crippen LogP contribution >= 0.6 is 0 Å². The fourth-order valence-electron chi connectivity index (χ4n) is 2.36. The molecule has 22 heavy (non-hydrogen) atoms. The third-order valence-electron chi connectivity index (χ3n) is 3.44. The molecule has 0 aliphatic heterocycles. The minimum absolute atomic E-state index is 0.646. The first kappa shape index (κ1) is 12.5. The van der Waals surface area contributed by atoms with Crippen LogP contribution in [0.25, 0.3) is 21.5 Å². The highest BCUT2D eigenvalue weighted by molar-refractivity contribution is 5.93. The molecule has 6 nitrogen and oxygen atoms in total. The molecule has 0 unspecified atom stereocenters. The normalized spacial score (nSPS) is 10.7. The Bertz CT molecular complexity index is 863. The van der Waals surface area contributed by atoms with Crippen molar-refractivity contribution in [2.75, 3.05) is 10.9 Å². The SMILES string of the molecule is c1ccc2c(NNc3nncc4ccccc34)nncc2c1. The number of benzene rings is 2. The minimum Gasteiger partial charge on any atom is -0.281 e. The number of hydrogen-bond acceptors (Lipinski definition) is 6. The summed E-state index contributed by atoms with van der Waals surface area (Å²) in [5.41, 5.74) is 6.14. The molecule has 0 aliphatic rings. The van der Waals surface area contributed by atoms with E-state index in [1.807, 2.05) is 48.5 Å². The topological polar surface area (TPSA) is 75.6 Å². The standard InChI is InChI=1S/C16H12N6/c1-3-7-13-11(5-1)9-17-19-15(13)21-22-16-14-8-4-2-6-12(14)10-18-20-16/h1-10H,(H,19,21)(H,20,22). The van der Waals surface area contributed by atoms with Crippen LogP contribution in [0.1, 0.15) is 0 Å². The number of nitrogens with one attached hydrogen (secondary N) is 2. The van der Waals surface area contributed by atoms with Crippen LogP contribution < -0.4 is 10.9 Å². The van der Waals surface area contributed by atoms with Crippen molar-refractivity contribution < 1.29 is 0 Å². The summed E-state index contributed by atoms with van der Waals surface area (Å²) >= 11 is 0. The zero-order chi connectivity index (χ0) is 14.8. The average Bonchev–Trinajstić information content (AvgIpc) is 2.60. The number of aromatic nitrogens is 4. The highest BCUT2D eigenvalue weighted by atomic mass is 15.4. The molecule has 4 aromatic rings. The maximum Gasteiger partial charge on any atom is 0.175 e. The monoisotopic (exact) mass is 288 g/mol. The molecule has 0 spiro atoms. The van der Waals surface area contributed by atoms with Crippen LogP contribution in [0.15, 0.2) is 60.9 Å². The minimum atomic E-state index is 0.646. The Morgan fingerprint density at radius 2 is 1.05 bits per heavy atom. The summed E-state index contributed by atoms with van der Waals surface area (Å²) < 4.78 is 0. The lowest BCUT2D eigenvalue weighted by atomic mass is 10.2. The second-order valence-electron chi connectivity index (χ2n) is 4.81. The molecular weight excluding hydrogens is 276 g/mol. The number of rotatable bonds is 3. The molecule has 106 valence electrons. The first-order valence-corrected chi connectivity index (χ1v) is 6.85. The molecule has 0 fully saturated rings. The Hall–Kier alpha value is -3.28. The lowest BCUT2D eigenvalue weighted by Gasteiger charge is -2.10. The zero-order valence-corrected chi connectivity index (χ0v) is 11.6. The predicted octanol–water partition coefficient (Wildman–Crippen LogP) is 3.01. The first-order valence-electron chi connectivity index (χ1n) is 6.85. The molecule has 0 atom stereocenters. The van der Waals surface area contributed by atoms with E-state index >= 15 is 0 Å². The van der Waals surface area contributed by atoms with Crippen molar-refractivity contribution in [3.05, 3.63) is 60.9 Å². The van der Waals surface area contributed by atoms with Crippen LogP contribution in [-0.4, -0.2) is 20.4 Å². The van der Waals surface area contributed by atoms with E-state index in [1.54, 1.807) is 12.4 Å². The van der Waals surface area contributed by atoms with Gasteiger partial charge in [-0.3, -0.25) is 10.9 Å². The van der Waals surface area contributed by atoms with Crippen LogP contribution in [-0.2, 0) is 0 Å². The third kappa shape index (κ3) is 2.16. The quantitative estimate of drug-likeness (QED) is 0.564. The van der Waals surface area contributed by atoms with Gasteiger partial charge < -0.3 is 0 Å². The summed E-state index contributed by atoms with van der Waals surface area (Å²) in [5, 5.41) is 20.3. The summed E-state index contributed by atoms with van der Waals surface area (Å²) in [7, 11) is 0. The van der Waals surface area contributed by atoms with Gasteiger partial charge in [-0.2, -0.15) is 10.2 Å². The van der Waals surface area contributed by atoms with Gasteiger partial charge in [0.25, 0.3) is 0 Å². The fraction of sp³-hybridized carbons (Fsp3) is 0. The maximum absolute atomic E-state index is 4.13. The molecule has 0 radical (unpaired) electrons. The zero-order valence-electron chi connectivity index (χ0n) is 11.6. The van der Waals surface area contributed by atoms with E-state index in [1.165, 1.54) is 0 Å². The lowest BCUT2D eigenvalue weighted by molar-refractivity contribution is 1.03. The Balaban J connectivity index is 1.69. The van der Waals surface area contributed by atoms with Gasteiger partial charge in [-0.25, -0.2) is 0 Å². The second-order valence-corrected chi connectivity index (χ2v) is 4.81. The van der Waals surface area contributed by atoms with Crippen molar-refractivity contribution in [1.82, 2.24) is 20.4 Å². The molecule has 0 aliphatic carbocycles. The van der Waals surface area contributed by atoms with Gasteiger partial charge in [0.1, 0.15) is 0 Å². The number of fused-ring (bicyclic) bond motifs is 2. The van der Waals surface area contributed by atoms with Gasteiger partial charge in [0.2, 0.25) is 0 Å². The number of hydrogen-bond donors (Lipinski definition) is 2. The highest BCUT2D eigenvalue weighted by Crippen LogP contribution is 2.22. The number of nitrogens with zero attached hydrogens (tertiary/aromatic N) is 4. The molecule has 2 heterocycles. The molecule has 0 saturated carbocycles. The third-order valence-corrected chi connectivity index (χ3v) is 3.44. The maximum atomic E-state index is 4.13. The molecule has 0 amide bonds. The van der Waals surface area contributed by atoms with E-state index in [2.05, 4.69) is 31.2 Å². The van der Waals surface area contributed by atoms with E-state index in [9.17, 15) is 0 Å². The van der Waals surface area contributed by atoms with Crippen molar-refractivity contribution in [2.45, 2.75) is 0 Å². The van der Waals surface area contributed by atoms with Gasteiger partial charge in [0.05, 0.1) is 12.4 Å².